The van der Waals surface area contributed by atoms with E-state index in [-0.39, 0.29) is 16.8 Å². The molecule has 0 aliphatic rings. The second-order valence-electron chi connectivity index (χ2n) is 4.99. The molecule has 21 heavy (non-hydrogen) atoms. The van der Waals surface area contributed by atoms with Crippen molar-refractivity contribution in [1.29, 1.82) is 0 Å². The predicted molar refractivity (Wildman–Crippen MR) is 75.6 cm³/mol. The van der Waals surface area contributed by atoms with Crippen LogP contribution in [0.15, 0.2) is 30.6 Å². The lowest BCUT2D eigenvalue weighted by molar-refractivity contribution is -0.137. The van der Waals surface area contributed by atoms with Crippen molar-refractivity contribution in [3.63, 3.8) is 0 Å². The van der Waals surface area contributed by atoms with Gasteiger partial charge in [-0.1, -0.05) is 31.5 Å². The molecule has 0 aliphatic carbocycles. The number of halogens is 4. The van der Waals surface area contributed by atoms with E-state index in [2.05, 4.69) is 10.4 Å². The molecule has 114 valence electrons. The first-order chi connectivity index (χ1) is 9.77. The zero-order valence-corrected chi connectivity index (χ0v) is 12.3. The van der Waals surface area contributed by atoms with Crippen molar-refractivity contribution in [2.24, 2.45) is 0 Å². The van der Waals surface area contributed by atoms with Crippen LogP contribution in [-0.2, 0) is 12.7 Å². The van der Waals surface area contributed by atoms with Crippen LogP contribution in [0.4, 0.5) is 13.2 Å². The van der Waals surface area contributed by atoms with Crippen molar-refractivity contribution in [1.82, 2.24) is 15.1 Å². The molecule has 2 rings (SSSR count). The Kier molecular flexibility index (Phi) is 4.58. The van der Waals surface area contributed by atoms with Crippen molar-refractivity contribution in [3.05, 3.63) is 46.7 Å². The van der Waals surface area contributed by atoms with E-state index in [9.17, 15) is 13.2 Å². The second-order valence-corrected chi connectivity index (χ2v) is 5.42. The summed E-state index contributed by atoms with van der Waals surface area (Å²) < 4.78 is 40.8. The molecule has 1 heterocycles. The summed E-state index contributed by atoms with van der Waals surface area (Å²) in [6.07, 6.45) is -1.81. The van der Waals surface area contributed by atoms with E-state index in [0.717, 1.165) is 10.7 Å². The van der Waals surface area contributed by atoms with E-state index >= 15 is 0 Å². The number of aromatic nitrogens is 2. The highest BCUT2D eigenvalue weighted by molar-refractivity contribution is 6.30. The molecule has 2 aromatic rings. The number of hydrogen-bond donors (Lipinski definition) is 1. The third-order valence-corrected chi connectivity index (χ3v) is 3.07. The monoisotopic (exact) mass is 317 g/mol. The van der Waals surface area contributed by atoms with E-state index in [4.69, 9.17) is 11.6 Å². The minimum absolute atomic E-state index is 0.0392. The molecule has 0 bridgehead atoms. The molecule has 3 nitrogen and oxygen atoms in total. The van der Waals surface area contributed by atoms with Crippen molar-refractivity contribution in [2.45, 2.75) is 32.6 Å². The summed E-state index contributed by atoms with van der Waals surface area (Å²) in [6, 6.07) is 4.39. The van der Waals surface area contributed by atoms with Crippen molar-refractivity contribution in [3.8, 4) is 5.69 Å². The average Bonchev–Trinajstić information content (AvgIpc) is 2.81. The molecule has 0 saturated heterocycles. The standard InChI is InChI=1S/C14H15ClF3N3/c1-9(2)19-6-10-3-4-13(12(5-10)14(16,17)18)21-8-11(15)7-20-21/h3-5,7-9,19H,6H2,1-2H3. The van der Waals surface area contributed by atoms with Gasteiger partial charge in [0.15, 0.2) is 0 Å². The van der Waals surface area contributed by atoms with Crippen LogP contribution < -0.4 is 5.32 Å². The minimum atomic E-state index is -4.46. The Morgan fingerprint density at radius 3 is 2.57 bits per heavy atom. The van der Waals surface area contributed by atoms with E-state index in [0.29, 0.717) is 12.1 Å². The van der Waals surface area contributed by atoms with Gasteiger partial charge in [-0.15, -0.1) is 0 Å². The first-order valence-corrected chi connectivity index (χ1v) is 6.79. The lowest BCUT2D eigenvalue weighted by Gasteiger charge is -2.15. The quantitative estimate of drug-likeness (QED) is 0.922. The summed E-state index contributed by atoms with van der Waals surface area (Å²) in [5.74, 6) is 0. The van der Waals surface area contributed by atoms with Crippen LogP contribution in [-0.4, -0.2) is 15.8 Å². The maximum absolute atomic E-state index is 13.2. The number of nitrogens with zero attached hydrogens (tertiary/aromatic N) is 2. The fourth-order valence-corrected chi connectivity index (χ4v) is 2.01. The summed E-state index contributed by atoms with van der Waals surface area (Å²) in [4.78, 5) is 0. The van der Waals surface area contributed by atoms with Gasteiger partial charge in [0.2, 0.25) is 0 Å². The predicted octanol–water partition coefficient (Wildman–Crippen LogP) is 4.04. The molecule has 0 saturated carbocycles. The molecule has 1 N–H and O–H groups in total. The second kappa shape index (κ2) is 6.07. The van der Waals surface area contributed by atoms with Crippen LogP contribution in [0.5, 0.6) is 0 Å². The highest BCUT2D eigenvalue weighted by Gasteiger charge is 2.34. The van der Waals surface area contributed by atoms with E-state index < -0.39 is 11.7 Å². The third kappa shape index (κ3) is 3.98. The van der Waals surface area contributed by atoms with E-state index in [1.165, 1.54) is 18.5 Å². The maximum atomic E-state index is 13.2. The molecule has 0 amide bonds. The summed E-state index contributed by atoms with van der Waals surface area (Å²) >= 11 is 5.72. The van der Waals surface area contributed by atoms with Crippen LogP contribution in [0.2, 0.25) is 5.02 Å². The molecule has 0 radical (unpaired) electrons. The minimum Gasteiger partial charge on any atom is -0.310 e. The van der Waals surface area contributed by atoms with Crippen LogP contribution in [0, 0.1) is 0 Å². The van der Waals surface area contributed by atoms with Crippen LogP contribution in [0.3, 0.4) is 0 Å². The average molecular weight is 318 g/mol. The smallest absolute Gasteiger partial charge is 0.310 e. The normalized spacial score (nSPS) is 12.1. The lowest BCUT2D eigenvalue weighted by Crippen LogP contribution is -2.22. The van der Waals surface area contributed by atoms with Gasteiger partial charge in [-0.25, -0.2) is 4.68 Å². The summed E-state index contributed by atoms with van der Waals surface area (Å²) in [7, 11) is 0. The Balaban J connectivity index is 2.41. The molecule has 1 aromatic heterocycles. The Morgan fingerprint density at radius 1 is 1.33 bits per heavy atom. The van der Waals surface area contributed by atoms with Crippen molar-refractivity contribution in [2.75, 3.05) is 0 Å². The number of benzene rings is 1. The molecule has 7 heteroatoms. The van der Waals surface area contributed by atoms with Crippen LogP contribution in [0.25, 0.3) is 5.69 Å². The Labute approximate surface area is 125 Å². The Morgan fingerprint density at radius 2 is 2.05 bits per heavy atom. The first-order valence-electron chi connectivity index (χ1n) is 6.41. The molecule has 0 aliphatic heterocycles. The van der Waals surface area contributed by atoms with Crippen molar-refractivity contribution >= 4 is 11.6 Å². The molecule has 0 atom stereocenters. The summed E-state index contributed by atoms with van der Waals surface area (Å²) in [5, 5.41) is 7.21. The summed E-state index contributed by atoms with van der Waals surface area (Å²) in [5.41, 5.74) is -0.203. The lowest BCUT2D eigenvalue weighted by atomic mass is 10.1. The highest BCUT2D eigenvalue weighted by Crippen LogP contribution is 2.34. The fourth-order valence-electron chi connectivity index (χ4n) is 1.87. The SMILES string of the molecule is CC(C)NCc1ccc(-n2cc(Cl)cn2)c(C(F)(F)F)c1. The Hall–Kier alpha value is -1.53. The summed E-state index contributed by atoms with van der Waals surface area (Å²) in [6.45, 7) is 4.25. The van der Waals surface area contributed by atoms with Gasteiger partial charge in [-0.2, -0.15) is 18.3 Å². The molecular weight excluding hydrogens is 303 g/mol. The Bertz CT molecular complexity index is 620. The molecule has 0 fully saturated rings. The topological polar surface area (TPSA) is 29.9 Å². The molecule has 0 spiro atoms. The molecule has 1 aromatic carbocycles. The highest BCUT2D eigenvalue weighted by atomic mass is 35.5. The first kappa shape index (κ1) is 15.9. The van der Waals surface area contributed by atoms with Gasteiger partial charge in [-0.05, 0) is 17.7 Å². The van der Waals surface area contributed by atoms with E-state index in [1.54, 1.807) is 6.07 Å². The third-order valence-electron chi connectivity index (χ3n) is 2.88. The molecule has 0 unspecified atom stereocenters. The van der Waals surface area contributed by atoms with Gasteiger partial charge in [0.25, 0.3) is 0 Å². The zero-order valence-electron chi connectivity index (χ0n) is 11.6. The van der Waals surface area contributed by atoms with Gasteiger partial charge in [0.05, 0.1) is 22.5 Å². The van der Waals surface area contributed by atoms with Gasteiger partial charge in [0.1, 0.15) is 0 Å². The molecular formula is C14H15ClF3N3. The zero-order chi connectivity index (χ0) is 15.6. The largest absolute Gasteiger partial charge is 0.418 e. The van der Waals surface area contributed by atoms with Crippen LogP contribution >= 0.6 is 11.6 Å². The van der Waals surface area contributed by atoms with Gasteiger partial charge < -0.3 is 5.32 Å². The number of hydrogen-bond acceptors (Lipinski definition) is 2. The maximum Gasteiger partial charge on any atom is 0.418 e. The number of rotatable bonds is 4. The van der Waals surface area contributed by atoms with Gasteiger partial charge >= 0.3 is 6.18 Å². The van der Waals surface area contributed by atoms with Gasteiger partial charge in [0, 0.05) is 18.8 Å². The van der Waals surface area contributed by atoms with Crippen LogP contribution in [0.1, 0.15) is 25.0 Å². The van der Waals surface area contributed by atoms with Crippen molar-refractivity contribution < 1.29 is 13.2 Å². The van der Waals surface area contributed by atoms with E-state index in [1.807, 2.05) is 13.8 Å². The van der Waals surface area contributed by atoms with Gasteiger partial charge in [-0.3, -0.25) is 0 Å². The number of alkyl halides is 3. The fraction of sp³-hybridized carbons (Fsp3) is 0.357. The number of nitrogens with one attached hydrogen (secondary N) is 1.